The van der Waals surface area contributed by atoms with E-state index in [-0.39, 0.29) is 18.6 Å². The summed E-state index contributed by atoms with van der Waals surface area (Å²) in [5, 5.41) is 7.28. The molecule has 9 heteroatoms. The number of aryl methyl sites for hydroxylation is 2. The van der Waals surface area contributed by atoms with Crippen molar-refractivity contribution in [2.75, 3.05) is 25.1 Å². The zero-order valence-corrected chi connectivity index (χ0v) is 20.6. The summed E-state index contributed by atoms with van der Waals surface area (Å²) in [6.07, 6.45) is 0.594. The van der Waals surface area contributed by atoms with Gasteiger partial charge in [-0.15, -0.1) is 0 Å². The fraction of sp³-hybridized carbons (Fsp3) is 0.333. The van der Waals surface area contributed by atoms with Crippen LogP contribution < -0.4 is 14.8 Å². The largest absolute Gasteiger partial charge is 0.490 e. The van der Waals surface area contributed by atoms with Gasteiger partial charge in [-0.3, -0.25) is 14.4 Å². The third-order valence-electron chi connectivity index (χ3n) is 5.82. The van der Waals surface area contributed by atoms with Crippen LogP contribution in [0.25, 0.3) is 5.69 Å². The van der Waals surface area contributed by atoms with Gasteiger partial charge < -0.3 is 19.5 Å². The molecule has 1 amide bonds. The molecule has 36 heavy (non-hydrogen) atoms. The van der Waals surface area contributed by atoms with Crippen LogP contribution in [0.4, 0.5) is 5.69 Å². The molecule has 1 N–H and O–H groups in total. The van der Waals surface area contributed by atoms with Crippen LogP contribution in [-0.2, 0) is 14.3 Å². The van der Waals surface area contributed by atoms with Crippen molar-refractivity contribution in [1.82, 2.24) is 9.78 Å². The van der Waals surface area contributed by atoms with Crippen molar-refractivity contribution in [3.63, 3.8) is 0 Å². The molecule has 4 rings (SSSR count). The number of nitrogens with one attached hydrogen (secondary N) is 1. The Bertz CT molecular complexity index is 1280. The molecular formula is C27H29N3O6. The van der Waals surface area contributed by atoms with E-state index >= 15 is 0 Å². The number of fused-ring (bicyclic) bond motifs is 1. The number of ether oxygens (including phenoxy) is 3. The van der Waals surface area contributed by atoms with Crippen molar-refractivity contribution in [3.05, 3.63) is 65.0 Å². The quantitative estimate of drug-likeness (QED) is 0.373. The molecule has 0 fully saturated rings. The van der Waals surface area contributed by atoms with Gasteiger partial charge in [0.1, 0.15) is 0 Å². The molecule has 2 aromatic carbocycles. The van der Waals surface area contributed by atoms with E-state index in [1.54, 1.807) is 29.8 Å². The average molecular weight is 492 g/mol. The van der Waals surface area contributed by atoms with Crippen molar-refractivity contribution < 1.29 is 28.6 Å². The lowest BCUT2D eigenvalue weighted by Crippen LogP contribution is -2.21. The SMILES string of the molecule is Cc1ccc(-n2nc(C)c(NC(=O)COC(=O)CCC(=O)c3ccc4c(c3)OCCCO4)c2C)cc1. The summed E-state index contributed by atoms with van der Waals surface area (Å²) in [7, 11) is 0. The predicted molar refractivity (Wildman–Crippen MR) is 133 cm³/mol. The minimum atomic E-state index is -0.628. The van der Waals surface area contributed by atoms with Crippen molar-refractivity contribution in [3.8, 4) is 17.2 Å². The van der Waals surface area contributed by atoms with Crippen molar-refractivity contribution in [1.29, 1.82) is 0 Å². The van der Waals surface area contributed by atoms with E-state index in [2.05, 4.69) is 10.4 Å². The molecule has 188 valence electrons. The summed E-state index contributed by atoms with van der Waals surface area (Å²) >= 11 is 0. The Morgan fingerprint density at radius 2 is 1.69 bits per heavy atom. The fourth-order valence-corrected chi connectivity index (χ4v) is 3.85. The number of carbonyl (C=O) groups excluding carboxylic acids is 3. The van der Waals surface area contributed by atoms with E-state index in [9.17, 15) is 14.4 Å². The maximum Gasteiger partial charge on any atom is 0.306 e. The average Bonchev–Trinajstić information content (AvgIpc) is 3.03. The third kappa shape index (κ3) is 5.91. The van der Waals surface area contributed by atoms with Crippen LogP contribution in [0.3, 0.4) is 0 Å². The summed E-state index contributed by atoms with van der Waals surface area (Å²) in [5.41, 5.74) is 4.43. The first kappa shape index (κ1) is 25.0. The number of esters is 1. The molecule has 0 aliphatic carbocycles. The summed E-state index contributed by atoms with van der Waals surface area (Å²) in [6.45, 7) is 6.29. The molecule has 0 spiro atoms. The number of hydrogen-bond donors (Lipinski definition) is 1. The number of ketones is 1. The number of hydrogen-bond acceptors (Lipinski definition) is 7. The number of carbonyl (C=O) groups is 3. The lowest BCUT2D eigenvalue weighted by molar-refractivity contribution is -0.147. The lowest BCUT2D eigenvalue weighted by atomic mass is 10.1. The van der Waals surface area contributed by atoms with E-state index in [0.717, 1.165) is 23.4 Å². The van der Waals surface area contributed by atoms with Gasteiger partial charge in [0.15, 0.2) is 23.9 Å². The van der Waals surface area contributed by atoms with Crippen molar-refractivity contribution in [2.45, 2.75) is 40.0 Å². The number of amides is 1. The molecule has 0 atom stereocenters. The second-order valence-electron chi connectivity index (χ2n) is 8.64. The molecule has 3 aromatic rings. The second kappa shape index (κ2) is 11.1. The zero-order valence-electron chi connectivity index (χ0n) is 20.6. The van der Waals surface area contributed by atoms with Gasteiger partial charge in [0.05, 0.1) is 42.4 Å². The van der Waals surface area contributed by atoms with Gasteiger partial charge >= 0.3 is 5.97 Å². The molecule has 0 unspecified atom stereocenters. The Morgan fingerprint density at radius 1 is 0.972 bits per heavy atom. The molecule has 0 saturated carbocycles. The molecule has 0 bridgehead atoms. The molecule has 1 aliphatic heterocycles. The van der Waals surface area contributed by atoms with Gasteiger partial charge in [0.2, 0.25) is 0 Å². The van der Waals surface area contributed by atoms with Gasteiger partial charge in [0.25, 0.3) is 5.91 Å². The molecule has 0 radical (unpaired) electrons. The van der Waals surface area contributed by atoms with Gasteiger partial charge in [-0.25, -0.2) is 4.68 Å². The third-order valence-corrected chi connectivity index (χ3v) is 5.82. The van der Waals surface area contributed by atoms with Crippen LogP contribution in [0.2, 0.25) is 0 Å². The van der Waals surface area contributed by atoms with E-state index in [4.69, 9.17) is 14.2 Å². The minimum Gasteiger partial charge on any atom is -0.490 e. The van der Waals surface area contributed by atoms with E-state index in [1.807, 2.05) is 38.1 Å². The molecule has 1 aromatic heterocycles. The predicted octanol–water partition coefficient (Wildman–Crippen LogP) is 4.10. The topological polar surface area (TPSA) is 109 Å². The highest BCUT2D eigenvalue weighted by Gasteiger charge is 2.18. The van der Waals surface area contributed by atoms with Gasteiger partial charge in [-0.2, -0.15) is 5.10 Å². The van der Waals surface area contributed by atoms with Gasteiger partial charge in [0, 0.05) is 18.4 Å². The normalized spacial score (nSPS) is 12.5. The first-order chi connectivity index (χ1) is 17.3. The number of aromatic nitrogens is 2. The zero-order chi connectivity index (χ0) is 25.7. The first-order valence-electron chi connectivity index (χ1n) is 11.8. The smallest absolute Gasteiger partial charge is 0.306 e. The second-order valence-corrected chi connectivity index (χ2v) is 8.64. The van der Waals surface area contributed by atoms with E-state index in [0.29, 0.717) is 41.7 Å². The Morgan fingerprint density at radius 3 is 2.44 bits per heavy atom. The van der Waals surface area contributed by atoms with Gasteiger partial charge in [-0.05, 0) is 51.1 Å². The molecule has 2 heterocycles. The Hall–Kier alpha value is -4.14. The highest BCUT2D eigenvalue weighted by Crippen LogP contribution is 2.31. The standard InChI is InChI=1S/C27H29N3O6/c1-17-5-8-21(9-6-17)30-19(3)27(18(2)29-30)28-25(32)16-36-26(33)12-10-22(31)20-7-11-23-24(15-20)35-14-4-13-34-23/h5-9,11,15H,4,10,12-14,16H2,1-3H3,(H,28,32). The van der Waals surface area contributed by atoms with E-state index < -0.39 is 18.5 Å². The number of Topliss-reactive ketones (excluding diaryl/α,β-unsaturated/α-hetero) is 1. The maximum absolute atomic E-state index is 12.5. The van der Waals surface area contributed by atoms with Crippen molar-refractivity contribution in [2.24, 2.45) is 0 Å². The lowest BCUT2D eigenvalue weighted by Gasteiger charge is -2.09. The highest BCUT2D eigenvalue weighted by molar-refractivity contribution is 5.98. The van der Waals surface area contributed by atoms with Crippen LogP contribution in [0, 0.1) is 20.8 Å². The molecular weight excluding hydrogens is 462 g/mol. The van der Waals surface area contributed by atoms with Gasteiger partial charge in [-0.1, -0.05) is 17.7 Å². The van der Waals surface area contributed by atoms with E-state index in [1.165, 1.54) is 0 Å². The summed E-state index contributed by atoms with van der Waals surface area (Å²) < 4.78 is 18.0. The van der Waals surface area contributed by atoms with Crippen LogP contribution in [-0.4, -0.2) is 47.3 Å². The summed E-state index contributed by atoms with van der Waals surface area (Å²) in [5.74, 6) is -0.205. The Balaban J connectivity index is 1.27. The summed E-state index contributed by atoms with van der Waals surface area (Å²) in [6, 6.07) is 12.9. The maximum atomic E-state index is 12.5. The monoisotopic (exact) mass is 491 g/mol. The van der Waals surface area contributed by atoms with Crippen LogP contribution in [0.1, 0.15) is 46.6 Å². The molecule has 9 nitrogen and oxygen atoms in total. The fourth-order valence-electron chi connectivity index (χ4n) is 3.85. The van der Waals surface area contributed by atoms with Crippen LogP contribution in [0.5, 0.6) is 11.5 Å². The minimum absolute atomic E-state index is 0.0400. The highest BCUT2D eigenvalue weighted by atomic mass is 16.5. The molecule has 1 aliphatic rings. The molecule has 0 saturated heterocycles. The Labute approximate surface area is 209 Å². The Kier molecular flexibility index (Phi) is 7.68. The summed E-state index contributed by atoms with van der Waals surface area (Å²) in [4.78, 5) is 37.1. The number of rotatable bonds is 8. The number of nitrogens with zero attached hydrogens (tertiary/aromatic N) is 2. The van der Waals surface area contributed by atoms with Crippen LogP contribution in [0.15, 0.2) is 42.5 Å². The number of anilines is 1. The van der Waals surface area contributed by atoms with Crippen LogP contribution >= 0.6 is 0 Å². The number of benzene rings is 2. The van der Waals surface area contributed by atoms with Crippen molar-refractivity contribution >= 4 is 23.3 Å². The first-order valence-corrected chi connectivity index (χ1v) is 11.8.